The highest BCUT2D eigenvalue weighted by Gasteiger charge is 2.15. The zero-order valence-corrected chi connectivity index (χ0v) is 14.7. The maximum Gasteiger partial charge on any atom is 0.132 e. The minimum absolute atomic E-state index is 0.162. The molecule has 0 saturated carbocycles. The molecule has 0 radical (unpaired) electrons. The van der Waals surface area contributed by atoms with Crippen LogP contribution in [0.2, 0.25) is 0 Å². The van der Waals surface area contributed by atoms with E-state index in [9.17, 15) is 5.11 Å². The SMILES string of the molecule is Cc1ccc(-c2nc(CNC(C)CC(O)c3ccco3)cs2)cc1. The third kappa shape index (κ3) is 4.32. The minimum Gasteiger partial charge on any atom is -0.467 e. The number of hydrogen-bond donors (Lipinski definition) is 2. The highest BCUT2D eigenvalue weighted by atomic mass is 32.1. The Labute approximate surface area is 146 Å². The summed E-state index contributed by atoms with van der Waals surface area (Å²) in [5, 5.41) is 16.6. The molecule has 0 amide bonds. The summed E-state index contributed by atoms with van der Waals surface area (Å²) in [6.45, 7) is 4.83. The average molecular weight is 342 g/mol. The van der Waals surface area contributed by atoms with Gasteiger partial charge in [0.1, 0.15) is 16.9 Å². The van der Waals surface area contributed by atoms with E-state index >= 15 is 0 Å². The molecule has 3 aromatic rings. The van der Waals surface area contributed by atoms with E-state index < -0.39 is 6.10 Å². The quantitative estimate of drug-likeness (QED) is 0.671. The van der Waals surface area contributed by atoms with Crippen molar-refractivity contribution >= 4 is 11.3 Å². The predicted molar refractivity (Wildman–Crippen MR) is 96.9 cm³/mol. The molecule has 126 valence electrons. The molecule has 4 nitrogen and oxygen atoms in total. The Morgan fingerprint density at radius 2 is 2.04 bits per heavy atom. The molecule has 2 atom stereocenters. The lowest BCUT2D eigenvalue weighted by atomic mass is 10.1. The molecule has 2 unspecified atom stereocenters. The molecule has 1 aromatic carbocycles. The maximum absolute atomic E-state index is 10.1. The lowest BCUT2D eigenvalue weighted by Crippen LogP contribution is -2.27. The summed E-state index contributed by atoms with van der Waals surface area (Å²) in [6.07, 6.45) is 1.60. The normalized spacial score (nSPS) is 13.8. The van der Waals surface area contributed by atoms with E-state index in [1.165, 1.54) is 5.56 Å². The Balaban J connectivity index is 1.52. The predicted octanol–water partition coefficient (Wildman–Crippen LogP) is 4.31. The number of nitrogens with zero attached hydrogens (tertiary/aromatic N) is 1. The smallest absolute Gasteiger partial charge is 0.132 e. The fourth-order valence-electron chi connectivity index (χ4n) is 2.51. The number of aromatic nitrogens is 1. The van der Waals surface area contributed by atoms with E-state index in [-0.39, 0.29) is 6.04 Å². The van der Waals surface area contributed by atoms with Gasteiger partial charge >= 0.3 is 0 Å². The van der Waals surface area contributed by atoms with Gasteiger partial charge in [-0.3, -0.25) is 0 Å². The van der Waals surface area contributed by atoms with Gasteiger partial charge in [-0.1, -0.05) is 29.8 Å². The van der Waals surface area contributed by atoms with Gasteiger partial charge in [-0.2, -0.15) is 0 Å². The standard InChI is InChI=1S/C19H22N2O2S/c1-13-5-7-15(8-6-13)19-21-16(12-24-19)11-20-14(2)10-17(22)18-4-3-9-23-18/h3-9,12,14,17,20,22H,10-11H2,1-2H3. The van der Waals surface area contributed by atoms with Crippen molar-refractivity contribution < 1.29 is 9.52 Å². The molecule has 3 rings (SSSR count). The third-order valence-electron chi connectivity index (χ3n) is 3.93. The van der Waals surface area contributed by atoms with E-state index in [0.29, 0.717) is 18.7 Å². The number of nitrogens with one attached hydrogen (secondary N) is 1. The van der Waals surface area contributed by atoms with Crippen LogP contribution in [0.1, 0.15) is 36.5 Å². The molecule has 2 heterocycles. The maximum atomic E-state index is 10.1. The Morgan fingerprint density at radius 3 is 2.75 bits per heavy atom. The van der Waals surface area contributed by atoms with E-state index in [0.717, 1.165) is 16.3 Å². The Hall–Kier alpha value is -1.95. The molecule has 2 N–H and O–H groups in total. The summed E-state index contributed by atoms with van der Waals surface area (Å²) in [6, 6.07) is 12.2. The fraction of sp³-hybridized carbons (Fsp3) is 0.316. The van der Waals surface area contributed by atoms with Gasteiger partial charge in [0.2, 0.25) is 0 Å². The van der Waals surface area contributed by atoms with Gasteiger partial charge in [-0.25, -0.2) is 4.98 Å². The van der Waals surface area contributed by atoms with Gasteiger partial charge in [-0.05, 0) is 32.4 Å². The van der Waals surface area contributed by atoms with Crippen LogP contribution in [-0.2, 0) is 6.54 Å². The monoisotopic (exact) mass is 342 g/mol. The molecule has 5 heteroatoms. The first kappa shape index (κ1) is 16.9. The second-order valence-electron chi connectivity index (χ2n) is 6.06. The van der Waals surface area contributed by atoms with Crippen molar-refractivity contribution in [2.24, 2.45) is 0 Å². The largest absolute Gasteiger partial charge is 0.467 e. The number of benzene rings is 1. The van der Waals surface area contributed by atoms with Gasteiger partial charge in [0, 0.05) is 23.5 Å². The molecule has 24 heavy (non-hydrogen) atoms. The molecule has 0 saturated heterocycles. The van der Waals surface area contributed by atoms with Crippen LogP contribution in [0.15, 0.2) is 52.5 Å². The van der Waals surface area contributed by atoms with Crippen LogP contribution in [0.3, 0.4) is 0 Å². The van der Waals surface area contributed by atoms with Gasteiger partial charge in [0.05, 0.1) is 12.0 Å². The van der Waals surface area contributed by atoms with Crippen molar-refractivity contribution in [1.82, 2.24) is 10.3 Å². The zero-order valence-electron chi connectivity index (χ0n) is 13.9. The van der Waals surface area contributed by atoms with Crippen LogP contribution >= 0.6 is 11.3 Å². The molecule has 0 fully saturated rings. The summed E-state index contributed by atoms with van der Waals surface area (Å²) < 4.78 is 5.23. The summed E-state index contributed by atoms with van der Waals surface area (Å²) in [5.74, 6) is 0.610. The van der Waals surface area contributed by atoms with Crippen LogP contribution in [0.25, 0.3) is 10.6 Å². The molecule has 2 aromatic heterocycles. The number of rotatable bonds is 7. The lowest BCUT2D eigenvalue weighted by molar-refractivity contribution is 0.128. The highest BCUT2D eigenvalue weighted by molar-refractivity contribution is 7.13. The number of hydrogen-bond acceptors (Lipinski definition) is 5. The van der Waals surface area contributed by atoms with Crippen LogP contribution in [0, 0.1) is 6.92 Å². The fourth-order valence-corrected chi connectivity index (χ4v) is 3.34. The molecular formula is C19H22N2O2S. The number of furan rings is 1. The average Bonchev–Trinajstić information content (AvgIpc) is 3.25. The molecular weight excluding hydrogens is 320 g/mol. The molecule has 0 bridgehead atoms. The van der Waals surface area contributed by atoms with Crippen LogP contribution in [-0.4, -0.2) is 16.1 Å². The van der Waals surface area contributed by atoms with Crippen molar-refractivity contribution in [3.8, 4) is 10.6 Å². The summed E-state index contributed by atoms with van der Waals surface area (Å²) in [7, 11) is 0. The van der Waals surface area contributed by atoms with E-state index in [1.54, 1.807) is 29.7 Å². The van der Waals surface area contributed by atoms with E-state index in [1.807, 2.05) is 0 Å². The Kier molecular flexibility index (Phi) is 5.45. The summed E-state index contributed by atoms with van der Waals surface area (Å²) in [4.78, 5) is 4.69. The number of aliphatic hydroxyl groups is 1. The van der Waals surface area contributed by atoms with Gasteiger partial charge in [0.15, 0.2) is 0 Å². The first-order valence-electron chi connectivity index (χ1n) is 8.08. The second kappa shape index (κ2) is 7.75. The van der Waals surface area contributed by atoms with Crippen LogP contribution < -0.4 is 5.32 Å². The Morgan fingerprint density at radius 1 is 1.25 bits per heavy atom. The first-order chi connectivity index (χ1) is 11.6. The Bertz CT molecular complexity index is 750. The third-order valence-corrected chi connectivity index (χ3v) is 4.87. The van der Waals surface area contributed by atoms with E-state index in [4.69, 9.17) is 4.42 Å². The number of thiazole rings is 1. The van der Waals surface area contributed by atoms with Crippen molar-refractivity contribution in [3.05, 3.63) is 65.1 Å². The van der Waals surface area contributed by atoms with Crippen molar-refractivity contribution in [1.29, 1.82) is 0 Å². The van der Waals surface area contributed by atoms with Gasteiger partial charge in [0.25, 0.3) is 0 Å². The topological polar surface area (TPSA) is 58.3 Å². The molecule has 0 aliphatic rings. The van der Waals surface area contributed by atoms with Crippen molar-refractivity contribution in [2.75, 3.05) is 0 Å². The zero-order chi connectivity index (χ0) is 16.9. The lowest BCUT2D eigenvalue weighted by Gasteiger charge is -2.16. The molecule has 0 aliphatic carbocycles. The summed E-state index contributed by atoms with van der Waals surface area (Å²) in [5.41, 5.74) is 3.43. The van der Waals surface area contributed by atoms with Crippen LogP contribution in [0.5, 0.6) is 0 Å². The van der Waals surface area contributed by atoms with Crippen molar-refractivity contribution in [3.63, 3.8) is 0 Å². The van der Waals surface area contributed by atoms with Gasteiger partial charge < -0.3 is 14.8 Å². The minimum atomic E-state index is -0.582. The van der Waals surface area contributed by atoms with Crippen LogP contribution in [0.4, 0.5) is 0 Å². The highest BCUT2D eigenvalue weighted by Crippen LogP contribution is 2.24. The number of aryl methyl sites for hydroxylation is 1. The summed E-state index contributed by atoms with van der Waals surface area (Å²) >= 11 is 1.66. The molecule has 0 aliphatic heterocycles. The number of aliphatic hydroxyl groups excluding tert-OH is 1. The van der Waals surface area contributed by atoms with Gasteiger partial charge in [-0.15, -0.1) is 11.3 Å². The van der Waals surface area contributed by atoms with E-state index in [2.05, 4.69) is 53.8 Å². The second-order valence-corrected chi connectivity index (χ2v) is 6.92. The van der Waals surface area contributed by atoms with Crippen molar-refractivity contribution in [2.45, 2.75) is 39.0 Å². The first-order valence-corrected chi connectivity index (χ1v) is 8.96. The molecule has 0 spiro atoms.